The number of hydrogen-bond donors (Lipinski definition) is 3. The number of ketones is 1. The number of likely N-dealkylation sites (tertiary alicyclic amines) is 3. The molecule has 2 aromatic rings. The highest BCUT2D eigenvalue weighted by molar-refractivity contribution is 5.86. The summed E-state index contributed by atoms with van der Waals surface area (Å²) in [7, 11) is 0. The van der Waals surface area contributed by atoms with Gasteiger partial charge in [0.15, 0.2) is 0 Å². The number of carbonyl (C=O) groups excluding carboxylic acids is 3. The third kappa shape index (κ3) is 9.40. The van der Waals surface area contributed by atoms with Crippen molar-refractivity contribution in [2.24, 2.45) is 10.8 Å². The SMILES string of the molecule is CCOC(=O)N1CCC2(CC(=O)C2)C1.CCOC(=O)N1CCC2(CC(N3CCC(c4ncccc4O)CC3)C2)C1.Oc1cccnc1C1CCNCC1. The van der Waals surface area contributed by atoms with Gasteiger partial charge in [0.1, 0.15) is 17.3 Å². The molecule has 2 aromatic heterocycles. The third-order valence-electron chi connectivity index (χ3n) is 12.2. The van der Waals surface area contributed by atoms with E-state index in [2.05, 4.69) is 20.2 Å². The fraction of sp³-hybridized carbons (Fsp3) is 0.675. The largest absolute Gasteiger partial charge is 0.506 e. The number of rotatable bonds is 5. The monoisotopic (exact) mass is 734 g/mol. The zero-order valence-corrected chi connectivity index (χ0v) is 31.5. The number of carbonyl (C=O) groups is 3. The number of amides is 2. The van der Waals surface area contributed by atoms with Gasteiger partial charge < -0.3 is 39.7 Å². The molecular weight excluding hydrogens is 676 g/mol. The van der Waals surface area contributed by atoms with Gasteiger partial charge in [0.25, 0.3) is 0 Å². The van der Waals surface area contributed by atoms with Crippen molar-refractivity contribution in [3.05, 3.63) is 48.0 Å². The number of nitrogens with zero attached hydrogens (tertiary/aromatic N) is 5. The Morgan fingerprint density at radius 1 is 0.774 bits per heavy atom. The summed E-state index contributed by atoms with van der Waals surface area (Å²) in [6, 6.07) is 7.64. The van der Waals surface area contributed by atoms with Gasteiger partial charge in [-0.15, -0.1) is 0 Å². The number of nitrogens with one attached hydrogen (secondary N) is 1. The molecule has 0 aromatic carbocycles. The molecule has 53 heavy (non-hydrogen) atoms. The number of pyridine rings is 2. The number of aromatic nitrogens is 2. The molecule has 13 nitrogen and oxygen atoms in total. The van der Waals surface area contributed by atoms with E-state index in [-0.39, 0.29) is 17.6 Å². The van der Waals surface area contributed by atoms with Crippen LogP contribution in [0.15, 0.2) is 36.7 Å². The smallest absolute Gasteiger partial charge is 0.409 e. The van der Waals surface area contributed by atoms with Crippen LogP contribution in [-0.4, -0.2) is 124 Å². The molecule has 0 atom stereocenters. The molecule has 4 saturated heterocycles. The third-order valence-corrected chi connectivity index (χ3v) is 12.2. The maximum atomic E-state index is 11.9. The molecule has 6 aliphatic rings. The van der Waals surface area contributed by atoms with Crippen LogP contribution in [0.5, 0.6) is 11.5 Å². The summed E-state index contributed by atoms with van der Waals surface area (Å²) in [5, 5.41) is 22.9. The summed E-state index contributed by atoms with van der Waals surface area (Å²) in [4.78, 5) is 49.0. The van der Waals surface area contributed by atoms with Gasteiger partial charge in [0, 0.05) is 74.7 Å². The van der Waals surface area contributed by atoms with Gasteiger partial charge in [-0.2, -0.15) is 0 Å². The lowest BCUT2D eigenvalue weighted by molar-refractivity contribution is -0.131. The maximum Gasteiger partial charge on any atom is 0.409 e. The van der Waals surface area contributed by atoms with Crippen molar-refractivity contribution >= 4 is 18.0 Å². The first-order valence-corrected chi connectivity index (χ1v) is 19.7. The topological polar surface area (TPSA) is 158 Å². The predicted octanol–water partition coefficient (Wildman–Crippen LogP) is 5.43. The van der Waals surface area contributed by atoms with Crippen molar-refractivity contribution in [1.82, 2.24) is 30.0 Å². The van der Waals surface area contributed by atoms with Crippen LogP contribution in [0, 0.1) is 10.8 Å². The van der Waals surface area contributed by atoms with E-state index in [0.29, 0.717) is 73.2 Å². The molecule has 3 N–H and O–H groups in total. The van der Waals surface area contributed by atoms with Gasteiger partial charge in [-0.25, -0.2) is 9.59 Å². The molecule has 0 unspecified atom stereocenters. The molecule has 2 spiro atoms. The first-order valence-electron chi connectivity index (χ1n) is 19.7. The maximum absolute atomic E-state index is 11.9. The Bertz CT molecular complexity index is 1550. The Morgan fingerprint density at radius 3 is 1.75 bits per heavy atom. The van der Waals surface area contributed by atoms with Crippen molar-refractivity contribution in [3.8, 4) is 11.5 Å². The number of aromatic hydroxyl groups is 2. The second kappa shape index (κ2) is 17.4. The molecule has 4 aliphatic heterocycles. The summed E-state index contributed by atoms with van der Waals surface area (Å²) < 4.78 is 10.1. The lowest BCUT2D eigenvalue weighted by Crippen LogP contribution is -2.54. The summed E-state index contributed by atoms with van der Waals surface area (Å²) in [5.41, 5.74) is 2.17. The molecule has 6 heterocycles. The first-order chi connectivity index (χ1) is 25.6. The average Bonchev–Trinajstić information content (AvgIpc) is 3.80. The number of Topliss-reactive ketones (excluding diaryl/α,β-unsaturated/α-hetero) is 1. The van der Waals surface area contributed by atoms with Gasteiger partial charge in [0.05, 0.1) is 24.6 Å². The van der Waals surface area contributed by atoms with Crippen molar-refractivity contribution < 1.29 is 34.1 Å². The fourth-order valence-corrected chi connectivity index (χ4v) is 9.30. The average molecular weight is 735 g/mol. The Balaban J connectivity index is 0.000000150. The van der Waals surface area contributed by atoms with Crippen LogP contribution < -0.4 is 5.32 Å². The molecular formula is C40H58N6O7. The first kappa shape index (κ1) is 38.7. The van der Waals surface area contributed by atoms with E-state index in [1.54, 1.807) is 48.5 Å². The Morgan fingerprint density at radius 2 is 1.26 bits per heavy atom. The minimum absolute atomic E-state index is 0.115. The van der Waals surface area contributed by atoms with Crippen LogP contribution >= 0.6 is 0 Å². The normalized spacial score (nSPS) is 25.5. The lowest BCUT2D eigenvalue weighted by atomic mass is 9.64. The van der Waals surface area contributed by atoms with E-state index in [1.165, 1.54) is 12.8 Å². The minimum Gasteiger partial charge on any atom is -0.506 e. The number of piperidine rings is 2. The van der Waals surface area contributed by atoms with E-state index in [9.17, 15) is 24.6 Å². The highest BCUT2D eigenvalue weighted by atomic mass is 16.6. The van der Waals surface area contributed by atoms with Crippen molar-refractivity contribution in [2.45, 2.75) is 95.9 Å². The number of ether oxygens (including phenoxy) is 2. The Kier molecular flexibility index (Phi) is 12.8. The second-order valence-electron chi connectivity index (χ2n) is 15.8. The van der Waals surface area contributed by atoms with Crippen molar-refractivity contribution in [1.29, 1.82) is 0 Å². The Labute approximate surface area is 313 Å². The second-order valence-corrected chi connectivity index (χ2v) is 15.8. The quantitative estimate of drug-likeness (QED) is 0.360. The van der Waals surface area contributed by atoms with E-state index in [0.717, 1.165) is 95.7 Å². The molecule has 0 bridgehead atoms. The van der Waals surface area contributed by atoms with Gasteiger partial charge in [-0.05, 0) is 121 Å². The molecule has 290 valence electrons. The molecule has 8 rings (SSSR count). The summed E-state index contributed by atoms with van der Waals surface area (Å²) >= 11 is 0. The van der Waals surface area contributed by atoms with Gasteiger partial charge in [0.2, 0.25) is 0 Å². The highest BCUT2D eigenvalue weighted by Gasteiger charge is 2.52. The van der Waals surface area contributed by atoms with Gasteiger partial charge in [-0.1, -0.05) is 0 Å². The van der Waals surface area contributed by atoms with Crippen LogP contribution in [0.25, 0.3) is 0 Å². The van der Waals surface area contributed by atoms with E-state index >= 15 is 0 Å². The summed E-state index contributed by atoms with van der Waals surface area (Å²) in [5.74, 6) is 1.80. The molecule has 13 heteroatoms. The molecule has 2 aliphatic carbocycles. The molecule has 2 saturated carbocycles. The minimum atomic E-state index is -0.233. The standard InChI is InChI=1S/C20H29N3O3.C10H14N2O.C10H15NO3/c1-2-26-19(25)23-11-7-20(14-23)12-16(13-20)22-9-5-15(6-10-22)18-17(24)4-3-8-21-18;13-9-2-1-5-12-10(9)8-3-6-11-7-4-8;1-2-14-9(13)11-4-3-10(7-11)5-8(12)6-10/h3-4,8,15-16,24H,2,5-7,9-14H2,1H3;1-2,5,8,11,13H,3-4,6-7H2;2-7H2,1H3. The van der Waals surface area contributed by atoms with E-state index < -0.39 is 0 Å². The van der Waals surface area contributed by atoms with Crippen LogP contribution in [0.2, 0.25) is 0 Å². The summed E-state index contributed by atoms with van der Waals surface area (Å²) in [6.45, 7) is 11.9. The van der Waals surface area contributed by atoms with Crippen molar-refractivity contribution in [3.63, 3.8) is 0 Å². The van der Waals surface area contributed by atoms with Gasteiger partial charge in [-0.3, -0.25) is 14.8 Å². The Hall–Kier alpha value is -3.97. The lowest BCUT2D eigenvalue weighted by Gasteiger charge is -2.51. The molecule has 2 amide bonds. The summed E-state index contributed by atoms with van der Waals surface area (Å²) in [6.07, 6.45) is 13.2. The van der Waals surface area contributed by atoms with E-state index in [1.807, 2.05) is 11.8 Å². The van der Waals surface area contributed by atoms with Crippen LogP contribution in [0.3, 0.4) is 0 Å². The fourth-order valence-electron chi connectivity index (χ4n) is 9.30. The number of hydrogen-bond acceptors (Lipinski definition) is 11. The van der Waals surface area contributed by atoms with Crippen LogP contribution in [-0.2, 0) is 14.3 Å². The molecule has 0 radical (unpaired) electrons. The molecule has 6 fully saturated rings. The van der Waals surface area contributed by atoms with E-state index in [4.69, 9.17) is 9.47 Å². The van der Waals surface area contributed by atoms with Crippen LogP contribution in [0.1, 0.15) is 101 Å². The zero-order chi connectivity index (χ0) is 37.4. The van der Waals surface area contributed by atoms with Crippen molar-refractivity contribution in [2.75, 3.05) is 65.6 Å². The predicted molar refractivity (Wildman–Crippen MR) is 199 cm³/mol. The zero-order valence-electron chi connectivity index (χ0n) is 31.5. The van der Waals surface area contributed by atoms with Gasteiger partial charge >= 0.3 is 12.2 Å². The van der Waals surface area contributed by atoms with Crippen LogP contribution in [0.4, 0.5) is 9.59 Å². The highest BCUT2D eigenvalue weighted by Crippen LogP contribution is 2.51.